The molecule has 0 saturated carbocycles. The van der Waals surface area contributed by atoms with Gasteiger partial charge in [0.1, 0.15) is 5.75 Å². The van der Waals surface area contributed by atoms with Crippen LogP contribution in [0.3, 0.4) is 0 Å². The van der Waals surface area contributed by atoms with E-state index in [9.17, 15) is 4.79 Å². The van der Waals surface area contributed by atoms with Crippen LogP contribution in [0.15, 0.2) is 41.9 Å². The molecule has 0 aromatic heterocycles. The quantitative estimate of drug-likeness (QED) is 0.613. The van der Waals surface area contributed by atoms with Crippen LogP contribution in [0, 0.1) is 5.92 Å². The highest BCUT2D eigenvalue weighted by molar-refractivity contribution is 7.78. The predicted octanol–water partition coefficient (Wildman–Crippen LogP) is 4.29. The van der Waals surface area contributed by atoms with Crippen molar-refractivity contribution >= 4 is 34.0 Å². The lowest BCUT2D eigenvalue weighted by atomic mass is 10.0. The highest BCUT2D eigenvalue weighted by atomic mass is 32.1. The van der Waals surface area contributed by atoms with Crippen molar-refractivity contribution in [2.24, 2.45) is 5.92 Å². The zero-order chi connectivity index (χ0) is 15.9. The van der Waals surface area contributed by atoms with Crippen LogP contribution < -0.4 is 4.74 Å². The number of hydrogen-bond donors (Lipinski definition) is 1. The zero-order valence-electron chi connectivity index (χ0n) is 12.7. The lowest BCUT2D eigenvalue weighted by Gasteiger charge is -2.20. The van der Waals surface area contributed by atoms with Crippen LogP contribution in [-0.4, -0.2) is 16.8 Å². The second-order valence-electron chi connectivity index (χ2n) is 5.21. The number of nitrogens with zero attached hydrogens (tertiary/aromatic N) is 1. The third kappa shape index (κ3) is 4.62. The molecule has 1 aromatic rings. The number of carbonyl (C=O) groups is 1. The van der Waals surface area contributed by atoms with Gasteiger partial charge in [-0.25, -0.2) is 0 Å². The standard InChI is InChI=1S/C17H22NO2PS/c1-2-14-9-6-13-7-10-15(11-8-13)20-12-4-3-5-16(21)18(22)17(14)19/h5-11,14,22H,2-4,12,21H2,1H3/b9-6-,16-5-/t14-/m1/s1. The molecule has 3 nitrogen and oxygen atoms in total. The molecule has 2 aliphatic rings. The van der Waals surface area contributed by atoms with E-state index in [0.29, 0.717) is 6.61 Å². The molecule has 1 amide bonds. The average molecular weight is 335 g/mol. The first kappa shape index (κ1) is 17.1. The number of ether oxygens (including phenoxy) is 1. The second-order valence-corrected chi connectivity index (χ2v) is 6.20. The minimum Gasteiger partial charge on any atom is -0.494 e. The van der Waals surface area contributed by atoms with Crippen molar-refractivity contribution in [3.63, 3.8) is 0 Å². The topological polar surface area (TPSA) is 29.5 Å². The number of hydrogen-bond acceptors (Lipinski definition) is 3. The molecule has 0 saturated heterocycles. The summed E-state index contributed by atoms with van der Waals surface area (Å²) in [6.07, 6.45) is 8.39. The van der Waals surface area contributed by atoms with Crippen LogP contribution >= 0.6 is 22.1 Å². The molecule has 5 heteroatoms. The Hall–Kier alpha value is -1.25. The van der Waals surface area contributed by atoms with Crippen LogP contribution in [0.25, 0.3) is 6.08 Å². The number of amides is 1. The van der Waals surface area contributed by atoms with Crippen molar-refractivity contribution in [3.8, 4) is 5.75 Å². The summed E-state index contributed by atoms with van der Waals surface area (Å²) in [6.45, 7) is 2.66. The summed E-state index contributed by atoms with van der Waals surface area (Å²) in [6, 6.07) is 7.93. The minimum absolute atomic E-state index is 0.00826. The van der Waals surface area contributed by atoms with E-state index in [2.05, 4.69) is 22.1 Å². The van der Waals surface area contributed by atoms with Crippen molar-refractivity contribution in [3.05, 3.63) is 47.4 Å². The molecule has 0 N–H and O–H groups in total. The van der Waals surface area contributed by atoms with Crippen molar-refractivity contribution in [1.82, 2.24) is 4.31 Å². The number of allylic oxidation sites excluding steroid dienone is 1. The van der Waals surface area contributed by atoms with Crippen molar-refractivity contribution in [2.45, 2.75) is 26.2 Å². The van der Waals surface area contributed by atoms with E-state index in [0.717, 1.165) is 36.0 Å². The SMILES string of the molecule is CC[C@@H]1/C=C\c2ccc(cc2)OCCC/C=C(\P)N(S)C1=O. The van der Waals surface area contributed by atoms with Crippen LogP contribution in [-0.2, 0) is 4.79 Å². The Kier molecular flexibility index (Phi) is 6.53. The van der Waals surface area contributed by atoms with Gasteiger partial charge in [0.2, 0.25) is 5.91 Å². The van der Waals surface area contributed by atoms with Gasteiger partial charge in [-0.05, 0) is 37.0 Å². The van der Waals surface area contributed by atoms with Crippen LogP contribution in [0.1, 0.15) is 31.7 Å². The van der Waals surface area contributed by atoms with Crippen molar-refractivity contribution in [1.29, 1.82) is 0 Å². The largest absolute Gasteiger partial charge is 0.494 e. The summed E-state index contributed by atoms with van der Waals surface area (Å²) >= 11 is 4.34. The van der Waals surface area contributed by atoms with Gasteiger partial charge in [0, 0.05) is 5.44 Å². The van der Waals surface area contributed by atoms with Gasteiger partial charge < -0.3 is 4.74 Å². The van der Waals surface area contributed by atoms with Gasteiger partial charge in [0.15, 0.2) is 0 Å². The molecule has 22 heavy (non-hydrogen) atoms. The lowest BCUT2D eigenvalue weighted by molar-refractivity contribution is -0.127. The zero-order valence-corrected chi connectivity index (χ0v) is 14.8. The molecule has 1 aromatic carbocycles. The maximum atomic E-state index is 12.5. The van der Waals surface area contributed by atoms with E-state index in [1.54, 1.807) is 0 Å². The Bertz CT molecular complexity index is 569. The molecular formula is C17H22NO2PS. The molecular weight excluding hydrogens is 313 g/mol. The van der Waals surface area contributed by atoms with E-state index in [-0.39, 0.29) is 11.8 Å². The monoisotopic (exact) mass is 335 g/mol. The van der Waals surface area contributed by atoms with Gasteiger partial charge in [-0.2, -0.15) is 0 Å². The Labute approximate surface area is 140 Å². The number of fused-ring (bicyclic) bond motifs is 10. The van der Waals surface area contributed by atoms with E-state index >= 15 is 0 Å². The molecule has 0 fully saturated rings. The van der Waals surface area contributed by atoms with Gasteiger partial charge in [0.25, 0.3) is 0 Å². The summed E-state index contributed by atoms with van der Waals surface area (Å²) in [7, 11) is 2.58. The lowest BCUT2D eigenvalue weighted by Crippen LogP contribution is -2.25. The van der Waals surface area contributed by atoms with Crippen LogP contribution in [0.2, 0.25) is 0 Å². The van der Waals surface area contributed by atoms with Crippen LogP contribution in [0.5, 0.6) is 5.75 Å². The van der Waals surface area contributed by atoms with Gasteiger partial charge >= 0.3 is 0 Å². The van der Waals surface area contributed by atoms with Gasteiger partial charge in [-0.3, -0.25) is 9.10 Å². The Morgan fingerprint density at radius 2 is 2.09 bits per heavy atom. The van der Waals surface area contributed by atoms with E-state index in [1.807, 2.05) is 49.4 Å². The summed E-state index contributed by atoms with van der Waals surface area (Å²) in [5.74, 6) is 0.689. The molecule has 2 bridgehead atoms. The van der Waals surface area contributed by atoms with Gasteiger partial charge in [-0.1, -0.05) is 59.3 Å². The predicted molar refractivity (Wildman–Crippen MR) is 97.6 cm³/mol. The summed E-state index contributed by atoms with van der Waals surface area (Å²) < 4.78 is 7.12. The van der Waals surface area contributed by atoms with E-state index in [4.69, 9.17) is 4.74 Å². The van der Waals surface area contributed by atoms with Crippen molar-refractivity contribution < 1.29 is 9.53 Å². The first-order valence-electron chi connectivity index (χ1n) is 7.51. The van der Waals surface area contributed by atoms with Gasteiger partial charge in [-0.15, -0.1) is 0 Å². The highest BCUT2D eigenvalue weighted by Gasteiger charge is 2.19. The van der Waals surface area contributed by atoms with Crippen molar-refractivity contribution in [2.75, 3.05) is 6.61 Å². The first-order chi connectivity index (χ1) is 10.6. The number of thiol groups is 1. The minimum atomic E-state index is -0.178. The van der Waals surface area contributed by atoms with Gasteiger partial charge in [0.05, 0.1) is 12.5 Å². The third-order valence-electron chi connectivity index (χ3n) is 3.58. The maximum Gasteiger partial charge on any atom is 0.243 e. The Morgan fingerprint density at radius 1 is 1.36 bits per heavy atom. The number of benzene rings is 1. The fourth-order valence-corrected chi connectivity index (χ4v) is 2.71. The molecule has 0 aliphatic carbocycles. The second kappa shape index (κ2) is 8.40. The summed E-state index contributed by atoms with van der Waals surface area (Å²) in [4.78, 5) is 12.5. The Balaban J connectivity index is 2.27. The molecule has 2 heterocycles. The molecule has 1 unspecified atom stereocenters. The smallest absolute Gasteiger partial charge is 0.243 e. The highest BCUT2D eigenvalue weighted by Crippen LogP contribution is 2.23. The molecule has 2 atom stereocenters. The van der Waals surface area contributed by atoms with E-state index < -0.39 is 0 Å². The fourth-order valence-electron chi connectivity index (χ4n) is 2.19. The summed E-state index contributed by atoms with van der Waals surface area (Å²) in [5, 5.41) is 0. The fraction of sp³-hybridized carbons (Fsp3) is 0.353. The maximum absolute atomic E-state index is 12.5. The summed E-state index contributed by atoms with van der Waals surface area (Å²) in [5.41, 5.74) is 1.84. The Morgan fingerprint density at radius 3 is 2.77 bits per heavy atom. The average Bonchev–Trinajstić information content (AvgIpc) is 2.55. The molecule has 0 radical (unpaired) electrons. The molecule has 118 valence electrons. The normalized spacial score (nSPS) is 24.0. The van der Waals surface area contributed by atoms with E-state index in [1.165, 1.54) is 4.31 Å². The number of rotatable bonds is 1. The third-order valence-corrected chi connectivity index (χ3v) is 4.72. The number of carbonyl (C=O) groups excluding carboxylic acids is 1. The first-order valence-corrected chi connectivity index (χ1v) is 8.49. The molecule has 0 spiro atoms. The van der Waals surface area contributed by atoms with Crippen LogP contribution in [0.4, 0.5) is 0 Å². The molecule has 2 aliphatic heterocycles. The molecule has 3 rings (SSSR count).